The van der Waals surface area contributed by atoms with Crippen molar-refractivity contribution in [1.82, 2.24) is 4.90 Å². The van der Waals surface area contributed by atoms with Crippen molar-refractivity contribution >= 4 is 0 Å². The molecule has 94 valence electrons. The van der Waals surface area contributed by atoms with E-state index in [4.69, 9.17) is 10.5 Å². The van der Waals surface area contributed by atoms with Crippen LogP contribution in [0.3, 0.4) is 0 Å². The first-order valence-corrected chi connectivity index (χ1v) is 6.10. The summed E-state index contributed by atoms with van der Waals surface area (Å²) in [6, 6.07) is 5.71. The molecule has 17 heavy (non-hydrogen) atoms. The normalized spacial score (nSPS) is 17.2. The van der Waals surface area contributed by atoms with Crippen LogP contribution in [-0.2, 0) is 17.7 Å². The maximum Gasteiger partial charge on any atom is 0.119 e. The predicted molar refractivity (Wildman–Crippen MR) is 67.0 cm³/mol. The van der Waals surface area contributed by atoms with Crippen molar-refractivity contribution in [2.45, 2.75) is 13.0 Å². The van der Waals surface area contributed by atoms with Gasteiger partial charge in [-0.3, -0.25) is 4.90 Å². The Morgan fingerprint density at radius 2 is 2.06 bits per heavy atom. The summed E-state index contributed by atoms with van der Waals surface area (Å²) < 4.78 is 5.30. The van der Waals surface area contributed by atoms with Crippen LogP contribution in [0.4, 0.5) is 0 Å². The molecule has 1 fully saturated rings. The lowest BCUT2D eigenvalue weighted by molar-refractivity contribution is 0.0384. The number of hydrogen-bond acceptors (Lipinski definition) is 4. The SMILES string of the molecule is NCc1ccc(CCN2CCOCC2)c(O)c1. The van der Waals surface area contributed by atoms with E-state index in [1.54, 1.807) is 6.07 Å². The van der Waals surface area contributed by atoms with Crippen molar-refractivity contribution in [3.63, 3.8) is 0 Å². The highest BCUT2D eigenvalue weighted by Crippen LogP contribution is 2.19. The van der Waals surface area contributed by atoms with Gasteiger partial charge in [0.2, 0.25) is 0 Å². The Morgan fingerprint density at radius 1 is 1.29 bits per heavy atom. The third kappa shape index (κ3) is 3.43. The molecule has 1 heterocycles. The Bertz CT molecular complexity index is 362. The van der Waals surface area contributed by atoms with Gasteiger partial charge < -0.3 is 15.6 Å². The van der Waals surface area contributed by atoms with Crippen LogP contribution >= 0.6 is 0 Å². The molecule has 1 aromatic rings. The van der Waals surface area contributed by atoms with Crippen molar-refractivity contribution in [1.29, 1.82) is 0 Å². The van der Waals surface area contributed by atoms with E-state index >= 15 is 0 Å². The van der Waals surface area contributed by atoms with Crippen LogP contribution in [0.15, 0.2) is 18.2 Å². The maximum absolute atomic E-state index is 9.85. The summed E-state index contributed by atoms with van der Waals surface area (Å²) in [5, 5.41) is 9.85. The van der Waals surface area contributed by atoms with E-state index in [0.717, 1.165) is 50.4 Å². The van der Waals surface area contributed by atoms with Crippen molar-refractivity contribution in [3.05, 3.63) is 29.3 Å². The third-order valence-electron chi connectivity index (χ3n) is 3.19. The Hall–Kier alpha value is -1.10. The fraction of sp³-hybridized carbons (Fsp3) is 0.538. The summed E-state index contributed by atoms with van der Waals surface area (Å²) in [4.78, 5) is 2.36. The van der Waals surface area contributed by atoms with Crippen LogP contribution in [0.2, 0.25) is 0 Å². The van der Waals surface area contributed by atoms with E-state index in [2.05, 4.69) is 4.90 Å². The molecule has 1 saturated heterocycles. The van der Waals surface area contributed by atoms with Crippen molar-refractivity contribution in [2.24, 2.45) is 5.73 Å². The summed E-state index contributed by atoms with van der Waals surface area (Å²) in [5.74, 6) is 0.362. The molecular formula is C13H20N2O2. The fourth-order valence-corrected chi connectivity index (χ4v) is 2.05. The summed E-state index contributed by atoms with van der Waals surface area (Å²) in [6.45, 7) is 5.05. The highest BCUT2D eigenvalue weighted by atomic mass is 16.5. The number of phenols is 1. The molecule has 4 heteroatoms. The Morgan fingerprint density at radius 3 is 2.71 bits per heavy atom. The molecule has 1 aliphatic rings. The minimum atomic E-state index is 0.362. The van der Waals surface area contributed by atoms with Crippen LogP contribution in [0.1, 0.15) is 11.1 Å². The van der Waals surface area contributed by atoms with Gasteiger partial charge in [-0.2, -0.15) is 0 Å². The lowest BCUT2D eigenvalue weighted by Gasteiger charge is -2.26. The van der Waals surface area contributed by atoms with E-state index < -0.39 is 0 Å². The smallest absolute Gasteiger partial charge is 0.119 e. The highest BCUT2D eigenvalue weighted by Gasteiger charge is 2.11. The number of phenolic OH excluding ortho intramolecular Hbond substituents is 1. The molecule has 0 spiro atoms. The van der Waals surface area contributed by atoms with Gasteiger partial charge in [-0.05, 0) is 23.6 Å². The molecule has 4 nitrogen and oxygen atoms in total. The van der Waals surface area contributed by atoms with E-state index in [-0.39, 0.29) is 0 Å². The average molecular weight is 236 g/mol. The molecule has 0 saturated carbocycles. The molecule has 0 radical (unpaired) electrons. The van der Waals surface area contributed by atoms with E-state index in [0.29, 0.717) is 12.3 Å². The first-order valence-electron chi connectivity index (χ1n) is 6.10. The number of benzene rings is 1. The average Bonchev–Trinajstić information content (AvgIpc) is 2.38. The summed E-state index contributed by atoms with van der Waals surface area (Å²) in [5.41, 5.74) is 7.49. The summed E-state index contributed by atoms with van der Waals surface area (Å²) >= 11 is 0. The van der Waals surface area contributed by atoms with Gasteiger partial charge >= 0.3 is 0 Å². The minimum absolute atomic E-state index is 0.362. The van der Waals surface area contributed by atoms with Gasteiger partial charge in [-0.1, -0.05) is 12.1 Å². The van der Waals surface area contributed by atoms with Gasteiger partial charge in [0.05, 0.1) is 13.2 Å². The second kappa shape index (κ2) is 6.00. The monoisotopic (exact) mass is 236 g/mol. The molecule has 1 aliphatic heterocycles. The number of hydrogen-bond donors (Lipinski definition) is 2. The Kier molecular flexibility index (Phi) is 4.36. The topological polar surface area (TPSA) is 58.7 Å². The number of nitrogens with two attached hydrogens (primary N) is 1. The van der Waals surface area contributed by atoms with Crippen LogP contribution in [0, 0.1) is 0 Å². The highest BCUT2D eigenvalue weighted by molar-refractivity contribution is 5.36. The fourth-order valence-electron chi connectivity index (χ4n) is 2.05. The number of ether oxygens (including phenoxy) is 1. The van der Waals surface area contributed by atoms with Gasteiger partial charge in [0.25, 0.3) is 0 Å². The Balaban J connectivity index is 1.89. The van der Waals surface area contributed by atoms with Crippen LogP contribution in [-0.4, -0.2) is 42.9 Å². The molecule has 0 aliphatic carbocycles. The molecule has 0 amide bonds. The quantitative estimate of drug-likeness (QED) is 0.809. The summed E-state index contributed by atoms with van der Waals surface area (Å²) in [7, 11) is 0. The van der Waals surface area contributed by atoms with Crippen molar-refractivity contribution < 1.29 is 9.84 Å². The number of aromatic hydroxyl groups is 1. The van der Waals surface area contributed by atoms with Crippen molar-refractivity contribution in [2.75, 3.05) is 32.8 Å². The van der Waals surface area contributed by atoms with Crippen LogP contribution < -0.4 is 5.73 Å². The lowest BCUT2D eigenvalue weighted by Crippen LogP contribution is -2.37. The van der Waals surface area contributed by atoms with E-state index in [9.17, 15) is 5.11 Å². The zero-order valence-electron chi connectivity index (χ0n) is 10.1. The maximum atomic E-state index is 9.85. The molecule has 1 aromatic carbocycles. The van der Waals surface area contributed by atoms with Crippen LogP contribution in [0.5, 0.6) is 5.75 Å². The van der Waals surface area contributed by atoms with E-state index in [1.807, 2.05) is 12.1 Å². The molecule has 0 atom stereocenters. The first kappa shape index (κ1) is 12.4. The van der Waals surface area contributed by atoms with Gasteiger partial charge in [-0.15, -0.1) is 0 Å². The van der Waals surface area contributed by atoms with Gasteiger partial charge in [0.1, 0.15) is 5.75 Å². The van der Waals surface area contributed by atoms with Crippen LogP contribution in [0.25, 0.3) is 0 Å². The predicted octanol–water partition coefficient (Wildman–Crippen LogP) is 0.726. The Labute approximate surface area is 102 Å². The molecular weight excluding hydrogens is 216 g/mol. The van der Waals surface area contributed by atoms with E-state index in [1.165, 1.54) is 0 Å². The zero-order chi connectivity index (χ0) is 12.1. The van der Waals surface area contributed by atoms with Gasteiger partial charge in [0.15, 0.2) is 0 Å². The minimum Gasteiger partial charge on any atom is -0.508 e. The molecule has 0 unspecified atom stereocenters. The third-order valence-corrected chi connectivity index (χ3v) is 3.19. The zero-order valence-corrected chi connectivity index (χ0v) is 10.1. The molecule has 2 rings (SSSR count). The van der Waals surface area contributed by atoms with Gasteiger partial charge in [0, 0.05) is 26.2 Å². The molecule has 0 aromatic heterocycles. The number of morpholine rings is 1. The number of rotatable bonds is 4. The lowest BCUT2D eigenvalue weighted by atomic mass is 10.1. The standard InChI is InChI=1S/C13H20N2O2/c14-10-11-1-2-12(13(16)9-11)3-4-15-5-7-17-8-6-15/h1-2,9,16H,3-8,10,14H2. The summed E-state index contributed by atoms with van der Waals surface area (Å²) in [6.07, 6.45) is 0.872. The number of nitrogens with zero attached hydrogens (tertiary/aromatic N) is 1. The molecule has 0 bridgehead atoms. The van der Waals surface area contributed by atoms with Crippen molar-refractivity contribution in [3.8, 4) is 5.75 Å². The second-order valence-corrected chi connectivity index (χ2v) is 4.37. The first-order chi connectivity index (χ1) is 8.29. The van der Waals surface area contributed by atoms with Gasteiger partial charge in [-0.25, -0.2) is 0 Å². The largest absolute Gasteiger partial charge is 0.508 e. The molecule has 3 N–H and O–H groups in total. The second-order valence-electron chi connectivity index (χ2n) is 4.37.